The fraction of sp³-hybridized carbons (Fsp3) is 0.667. The van der Waals surface area contributed by atoms with Crippen molar-refractivity contribution in [1.29, 1.82) is 0 Å². The Bertz CT molecular complexity index is 1920. The van der Waals surface area contributed by atoms with Crippen LogP contribution in [-0.4, -0.2) is 96.9 Å². The molecule has 1 fully saturated rings. The third-order valence-electron chi connectivity index (χ3n) is 10.6. The number of aliphatic hydroxyl groups excluding tert-OH is 3. The normalized spacial score (nSPS) is 20.4. The van der Waals surface area contributed by atoms with E-state index in [1.54, 1.807) is 6.08 Å². The molecule has 1 aromatic rings. The molecule has 2 heterocycles. The Hall–Kier alpha value is -3.58. The minimum Gasteiger partial charge on any atom is -0.462 e. The number of carbonyl (C=O) groups excluding carboxylic acids is 2. The first-order chi connectivity index (χ1) is 32.9. The second-order valence-electron chi connectivity index (χ2n) is 17.3. The third-order valence-corrected chi connectivity index (χ3v) is 13.2. The lowest BCUT2D eigenvalue weighted by atomic mass is 10.0. The Labute approximate surface area is 407 Å². The Morgan fingerprint density at radius 2 is 1.42 bits per heavy atom. The molecule has 7 N–H and O–H groups in total. The second kappa shape index (κ2) is 35.5. The number of nitrogens with zero attached hydrogens (tertiary/aromatic N) is 2. The predicted molar refractivity (Wildman–Crippen MR) is 262 cm³/mol. The van der Waals surface area contributed by atoms with Crippen LogP contribution in [0, 0.1) is 5.92 Å². The molecule has 0 spiro atoms. The number of nitrogen functional groups attached to an aromatic ring is 1. The van der Waals surface area contributed by atoms with Crippen molar-refractivity contribution in [3.63, 3.8) is 0 Å². The van der Waals surface area contributed by atoms with Crippen molar-refractivity contribution in [2.45, 2.75) is 180 Å². The number of allylic oxidation sites excluding steroid dienone is 8. The van der Waals surface area contributed by atoms with Crippen molar-refractivity contribution in [1.82, 2.24) is 9.55 Å². The van der Waals surface area contributed by atoms with Crippen LogP contribution in [0.15, 0.2) is 77.8 Å². The minimum atomic E-state index is -5.44. The molecule has 3 unspecified atom stereocenters. The summed E-state index contributed by atoms with van der Waals surface area (Å²) in [5.74, 6) is -0.652. The van der Waals surface area contributed by atoms with Crippen molar-refractivity contribution in [3.05, 3.63) is 83.5 Å². The summed E-state index contributed by atoms with van der Waals surface area (Å²) >= 11 is 0. The molecule has 1 aromatic heterocycles. The van der Waals surface area contributed by atoms with Gasteiger partial charge in [-0.15, -0.1) is 0 Å². The standard InChI is InChI=1S/C48H79N3O16P2/c1-4-5-29-39(52)30-25-21-17-13-8-6-7-9-15-19-23-27-32-44(54)65-40(35-62-43(53)31-26-22-18-14-11-10-12-16-20-24-28-38(2)3)36-63-68(58,59)67-69(60,61)64-37-41-45(55)46(56)47(66-41)51-34-33-42(49)50-48(51)57/h5-7,13,15,17,19,21,25,29,33-34,38-41,45-47,52,55-56H,4,8-12,14,16,18,20,22-24,26-28,30-32,35-37H2,1-3H3,(H,58,59)(H,60,61)(H2,49,50,57)/b7-6-,17-13-,19-15-,25-21+,29-5-/t39?,40-,41-,45-,46-,47-/m1/s1. The van der Waals surface area contributed by atoms with Crippen molar-refractivity contribution < 1.29 is 71.4 Å². The Morgan fingerprint density at radius 1 is 0.812 bits per heavy atom. The van der Waals surface area contributed by atoms with Gasteiger partial charge >= 0.3 is 33.3 Å². The van der Waals surface area contributed by atoms with Crippen LogP contribution in [0.3, 0.4) is 0 Å². The van der Waals surface area contributed by atoms with Crippen molar-refractivity contribution >= 4 is 33.4 Å². The molecule has 392 valence electrons. The number of anilines is 1. The van der Waals surface area contributed by atoms with Gasteiger partial charge in [0.15, 0.2) is 12.3 Å². The van der Waals surface area contributed by atoms with Crippen LogP contribution in [0.1, 0.15) is 149 Å². The van der Waals surface area contributed by atoms with E-state index in [0.29, 0.717) is 32.1 Å². The topological polar surface area (TPSA) is 286 Å². The number of aliphatic hydroxyl groups is 3. The smallest absolute Gasteiger partial charge is 0.462 e. The number of hydrogen-bond donors (Lipinski definition) is 6. The number of esters is 2. The molecule has 0 saturated carbocycles. The van der Waals surface area contributed by atoms with Gasteiger partial charge in [-0.2, -0.15) is 9.29 Å². The Balaban J connectivity index is 1.85. The lowest BCUT2D eigenvalue weighted by molar-refractivity contribution is -0.161. The van der Waals surface area contributed by atoms with Gasteiger partial charge in [-0.3, -0.25) is 23.2 Å². The molecular weight excluding hydrogens is 936 g/mol. The lowest BCUT2D eigenvalue weighted by Gasteiger charge is -2.21. The summed E-state index contributed by atoms with van der Waals surface area (Å²) in [7, 11) is -10.9. The molecule has 0 aromatic carbocycles. The molecule has 0 amide bonds. The van der Waals surface area contributed by atoms with E-state index in [4.69, 9.17) is 29.0 Å². The number of hydrogen-bond acceptors (Lipinski definition) is 16. The van der Waals surface area contributed by atoms with Crippen molar-refractivity contribution in [2.75, 3.05) is 25.6 Å². The summed E-state index contributed by atoms with van der Waals surface area (Å²) in [6.45, 7) is 4.12. The minimum absolute atomic E-state index is 0.0475. The lowest BCUT2D eigenvalue weighted by Crippen LogP contribution is -2.36. The van der Waals surface area contributed by atoms with Gasteiger partial charge in [0.25, 0.3) is 0 Å². The highest BCUT2D eigenvalue weighted by Crippen LogP contribution is 2.60. The van der Waals surface area contributed by atoms with Crippen LogP contribution in [-0.2, 0) is 46.3 Å². The van der Waals surface area contributed by atoms with Crippen LogP contribution in [0.2, 0.25) is 0 Å². The van der Waals surface area contributed by atoms with Crippen molar-refractivity contribution in [3.8, 4) is 0 Å². The zero-order valence-corrected chi connectivity index (χ0v) is 42.4. The molecule has 0 aliphatic carbocycles. The maximum atomic E-state index is 12.8. The number of aromatic nitrogens is 2. The highest BCUT2D eigenvalue weighted by molar-refractivity contribution is 7.61. The van der Waals surface area contributed by atoms with Crippen molar-refractivity contribution in [2.24, 2.45) is 5.92 Å². The molecule has 1 aliphatic heterocycles. The van der Waals surface area contributed by atoms with E-state index in [-0.39, 0.29) is 18.7 Å². The van der Waals surface area contributed by atoms with E-state index in [0.717, 1.165) is 55.2 Å². The maximum absolute atomic E-state index is 12.8. The summed E-state index contributed by atoms with van der Waals surface area (Å²) in [6.07, 6.45) is 28.2. The van der Waals surface area contributed by atoms with Gasteiger partial charge in [0.05, 0.1) is 19.3 Å². The number of nitrogens with two attached hydrogens (primary N) is 1. The second-order valence-corrected chi connectivity index (χ2v) is 20.3. The number of rotatable bonds is 38. The van der Waals surface area contributed by atoms with Crippen LogP contribution >= 0.6 is 15.6 Å². The summed E-state index contributed by atoms with van der Waals surface area (Å²) in [5.41, 5.74) is 4.57. The summed E-state index contributed by atoms with van der Waals surface area (Å²) in [6, 6.07) is 1.24. The first-order valence-corrected chi connectivity index (χ1v) is 27.3. The zero-order valence-electron chi connectivity index (χ0n) is 40.6. The first kappa shape index (κ1) is 61.5. The Morgan fingerprint density at radius 3 is 2.09 bits per heavy atom. The molecule has 1 aliphatic rings. The highest BCUT2D eigenvalue weighted by atomic mass is 31.3. The number of phosphoric ester groups is 2. The molecule has 21 heteroatoms. The third kappa shape index (κ3) is 29.4. The monoisotopic (exact) mass is 1020 g/mol. The molecule has 69 heavy (non-hydrogen) atoms. The first-order valence-electron chi connectivity index (χ1n) is 24.3. The van der Waals surface area contributed by atoms with E-state index >= 15 is 0 Å². The Kier molecular flexibility index (Phi) is 31.7. The van der Waals surface area contributed by atoms with Crippen LogP contribution < -0.4 is 11.4 Å². The summed E-state index contributed by atoms with van der Waals surface area (Å²) < 4.78 is 56.6. The summed E-state index contributed by atoms with van der Waals surface area (Å²) in [4.78, 5) is 61.8. The van der Waals surface area contributed by atoms with E-state index in [1.165, 1.54) is 44.6 Å². The number of unbranched alkanes of at least 4 members (excludes halogenated alkanes) is 10. The quantitative estimate of drug-likeness (QED) is 0.0119. The molecule has 0 bridgehead atoms. The summed E-state index contributed by atoms with van der Waals surface area (Å²) in [5, 5.41) is 30.7. The number of ether oxygens (including phenoxy) is 3. The van der Waals surface area contributed by atoms with Gasteiger partial charge in [-0.1, -0.05) is 146 Å². The van der Waals surface area contributed by atoms with Gasteiger partial charge in [0.2, 0.25) is 0 Å². The van der Waals surface area contributed by atoms with E-state index < -0.39 is 89.8 Å². The van der Waals surface area contributed by atoms with Gasteiger partial charge in [-0.25, -0.2) is 13.9 Å². The average molecular weight is 1020 g/mol. The van der Waals surface area contributed by atoms with Crippen LogP contribution in [0.5, 0.6) is 0 Å². The van der Waals surface area contributed by atoms with Crippen LogP contribution in [0.4, 0.5) is 5.82 Å². The fourth-order valence-electron chi connectivity index (χ4n) is 6.85. The van der Waals surface area contributed by atoms with E-state index in [1.807, 2.05) is 61.6 Å². The number of carbonyl (C=O) groups is 2. The van der Waals surface area contributed by atoms with Crippen LogP contribution in [0.25, 0.3) is 0 Å². The molecule has 8 atom stereocenters. The zero-order chi connectivity index (χ0) is 50.9. The average Bonchev–Trinajstić information content (AvgIpc) is 3.57. The fourth-order valence-corrected chi connectivity index (χ4v) is 8.96. The predicted octanol–water partition coefficient (Wildman–Crippen LogP) is 8.38. The highest BCUT2D eigenvalue weighted by Gasteiger charge is 2.46. The van der Waals surface area contributed by atoms with Gasteiger partial charge in [-0.05, 0) is 56.9 Å². The SMILES string of the molecule is CC/C=C\C(O)C/C=C/C=C\C/C=C\C/C=C\CCCC(=O)O[C@H](COC(=O)CCCCCCCCCCCCC(C)C)COP(=O)(O)OP(=O)(O)OC[C@H]1O[C@@H](n2ccc(N)nc2=O)[C@H](O)[C@@H]1O. The maximum Gasteiger partial charge on any atom is 0.481 e. The van der Waals surface area contributed by atoms with E-state index in [2.05, 4.69) is 23.1 Å². The molecule has 2 rings (SSSR count). The van der Waals surface area contributed by atoms with E-state index in [9.17, 15) is 48.6 Å². The van der Waals surface area contributed by atoms with Gasteiger partial charge in [0, 0.05) is 19.0 Å². The van der Waals surface area contributed by atoms with Gasteiger partial charge < -0.3 is 45.1 Å². The number of phosphoric acid groups is 2. The van der Waals surface area contributed by atoms with Gasteiger partial charge in [0.1, 0.15) is 30.7 Å². The molecule has 1 saturated heterocycles. The molecular formula is C48H79N3O16P2. The largest absolute Gasteiger partial charge is 0.481 e. The molecule has 0 radical (unpaired) electrons. The molecule has 19 nitrogen and oxygen atoms in total.